The van der Waals surface area contributed by atoms with Gasteiger partial charge in [-0.3, -0.25) is 4.79 Å². The van der Waals surface area contributed by atoms with Crippen LogP contribution in [0, 0.1) is 0 Å². The van der Waals surface area contributed by atoms with Crippen LogP contribution in [0.5, 0.6) is 0 Å². The van der Waals surface area contributed by atoms with Crippen molar-refractivity contribution < 1.29 is 19.2 Å². The standard InChI is InChI=1S/C11H16N2O4/c1-4-5-7(2)13(3)10(14)8-6-9(11(15)16)17-12-8/h6-7H,4-5H2,1-3H3,(H,15,16). The van der Waals surface area contributed by atoms with Crippen LogP contribution >= 0.6 is 0 Å². The second kappa shape index (κ2) is 5.47. The molecule has 1 atom stereocenters. The Hall–Kier alpha value is -1.85. The molecule has 1 heterocycles. The molecule has 0 aromatic carbocycles. The summed E-state index contributed by atoms with van der Waals surface area (Å²) in [6, 6.07) is 1.22. The largest absolute Gasteiger partial charge is 0.475 e. The van der Waals surface area contributed by atoms with E-state index < -0.39 is 5.97 Å². The monoisotopic (exact) mass is 240 g/mol. The summed E-state index contributed by atoms with van der Waals surface area (Å²) in [5, 5.41) is 12.1. The van der Waals surface area contributed by atoms with E-state index in [4.69, 9.17) is 5.11 Å². The van der Waals surface area contributed by atoms with E-state index in [2.05, 4.69) is 9.68 Å². The van der Waals surface area contributed by atoms with Gasteiger partial charge >= 0.3 is 5.97 Å². The van der Waals surface area contributed by atoms with Gasteiger partial charge in [0.15, 0.2) is 5.69 Å². The molecule has 0 aliphatic heterocycles. The lowest BCUT2D eigenvalue weighted by Gasteiger charge is -2.23. The van der Waals surface area contributed by atoms with E-state index in [9.17, 15) is 9.59 Å². The number of carboxylic acids is 1. The SMILES string of the molecule is CCCC(C)N(C)C(=O)c1cc(C(=O)O)on1. The van der Waals surface area contributed by atoms with Crippen molar-refractivity contribution in [1.82, 2.24) is 10.1 Å². The van der Waals surface area contributed by atoms with E-state index in [-0.39, 0.29) is 23.4 Å². The second-order valence-corrected chi connectivity index (χ2v) is 3.94. The van der Waals surface area contributed by atoms with Crippen LogP contribution in [0.4, 0.5) is 0 Å². The molecule has 0 saturated heterocycles. The van der Waals surface area contributed by atoms with Crippen LogP contribution in [0.15, 0.2) is 10.6 Å². The van der Waals surface area contributed by atoms with Crippen LogP contribution in [-0.4, -0.2) is 40.1 Å². The number of carboxylic acid groups (broad SMARTS) is 1. The van der Waals surface area contributed by atoms with Gasteiger partial charge in [0.2, 0.25) is 5.76 Å². The van der Waals surface area contributed by atoms with Crippen LogP contribution in [-0.2, 0) is 0 Å². The molecule has 1 aromatic rings. The van der Waals surface area contributed by atoms with Crippen LogP contribution in [0.3, 0.4) is 0 Å². The fourth-order valence-corrected chi connectivity index (χ4v) is 1.47. The topological polar surface area (TPSA) is 83.6 Å². The van der Waals surface area contributed by atoms with Gasteiger partial charge in [-0.1, -0.05) is 18.5 Å². The van der Waals surface area contributed by atoms with Crippen LogP contribution in [0.25, 0.3) is 0 Å². The maximum absolute atomic E-state index is 11.9. The second-order valence-electron chi connectivity index (χ2n) is 3.94. The molecule has 0 saturated carbocycles. The molecule has 1 amide bonds. The minimum atomic E-state index is -1.24. The molecule has 1 unspecified atom stereocenters. The number of amides is 1. The van der Waals surface area contributed by atoms with Gasteiger partial charge in [-0.05, 0) is 13.3 Å². The van der Waals surface area contributed by atoms with Crippen LogP contribution in [0.1, 0.15) is 47.7 Å². The Bertz CT molecular complexity index is 413. The molecule has 0 radical (unpaired) electrons. The van der Waals surface area contributed by atoms with Crippen LogP contribution < -0.4 is 0 Å². The van der Waals surface area contributed by atoms with Crippen LogP contribution in [0.2, 0.25) is 0 Å². The molecule has 1 aromatic heterocycles. The van der Waals surface area contributed by atoms with E-state index >= 15 is 0 Å². The Kier molecular flexibility index (Phi) is 4.25. The fourth-order valence-electron chi connectivity index (χ4n) is 1.47. The first kappa shape index (κ1) is 13.2. The number of carbonyl (C=O) groups excluding carboxylic acids is 1. The lowest BCUT2D eigenvalue weighted by molar-refractivity contribution is 0.0647. The van der Waals surface area contributed by atoms with Crippen molar-refractivity contribution in [1.29, 1.82) is 0 Å². The van der Waals surface area contributed by atoms with Crippen molar-refractivity contribution in [2.24, 2.45) is 0 Å². The average molecular weight is 240 g/mol. The zero-order valence-electron chi connectivity index (χ0n) is 10.1. The first-order chi connectivity index (χ1) is 7.97. The first-order valence-corrected chi connectivity index (χ1v) is 5.44. The summed E-state index contributed by atoms with van der Waals surface area (Å²) in [6.07, 6.45) is 1.85. The minimum absolute atomic E-state index is 0.0212. The predicted octanol–water partition coefficient (Wildman–Crippen LogP) is 1.63. The van der Waals surface area contributed by atoms with Gasteiger partial charge in [-0.15, -0.1) is 0 Å². The van der Waals surface area contributed by atoms with Crippen molar-refractivity contribution in [3.8, 4) is 0 Å². The Morgan fingerprint density at radius 2 is 2.24 bits per heavy atom. The summed E-state index contributed by atoms with van der Waals surface area (Å²) < 4.78 is 4.54. The molecule has 1 N–H and O–H groups in total. The first-order valence-electron chi connectivity index (χ1n) is 5.44. The molecule has 6 nitrogen and oxygen atoms in total. The number of aromatic carboxylic acids is 1. The lowest BCUT2D eigenvalue weighted by atomic mass is 10.1. The molecule has 0 spiro atoms. The van der Waals surface area contributed by atoms with Crippen molar-refractivity contribution in [3.05, 3.63) is 17.5 Å². The summed E-state index contributed by atoms with van der Waals surface area (Å²) in [7, 11) is 1.66. The Morgan fingerprint density at radius 1 is 1.59 bits per heavy atom. The maximum atomic E-state index is 11.9. The summed E-state index contributed by atoms with van der Waals surface area (Å²) in [6.45, 7) is 3.97. The third-order valence-corrected chi connectivity index (χ3v) is 2.63. The minimum Gasteiger partial charge on any atom is -0.475 e. The van der Waals surface area contributed by atoms with Gasteiger partial charge in [-0.25, -0.2) is 4.79 Å². The third-order valence-electron chi connectivity index (χ3n) is 2.63. The smallest absolute Gasteiger partial charge is 0.374 e. The zero-order valence-corrected chi connectivity index (χ0v) is 10.1. The zero-order chi connectivity index (χ0) is 13.0. The highest BCUT2D eigenvalue weighted by molar-refractivity contribution is 5.94. The Morgan fingerprint density at radius 3 is 2.71 bits per heavy atom. The van der Waals surface area contributed by atoms with E-state index in [1.807, 2.05) is 13.8 Å². The molecule has 6 heteroatoms. The quantitative estimate of drug-likeness (QED) is 0.845. The van der Waals surface area contributed by atoms with Crippen molar-refractivity contribution in [2.45, 2.75) is 32.7 Å². The van der Waals surface area contributed by atoms with E-state index in [0.29, 0.717) is 0 Å². The summed E-state index contributed by atoms with van der Waals surface area (Å²) in [5.74, 6) is -1.90. The molecule has 0 fully saturated rings. The Labute approximate surface area is 99.2 Å². The summed E-state index contributed by atoms with van der Waals surface area (Å²) in [5.41, 5.74) is 0.0212. The van der Waals surface area contributed by atoms with Gasteiger partial charge in [-0.2, -0.15) is 0 Å². The molecule has 94 valence electrons. The van der Waals surface area contributed by atoms with Crippen molar-refractivity contribution in [3.63, 3.8) is 0 Å². The van der Waals surface area contributed by atoms with Gasteiger partial charge < -0.3 is 14.5 Å². The van der Waals surface area contributed by atoms with E-state index in [1.54, 1.807) is 7.05 Å². The molecule has 0 aliphatic rings. The van der Waals surface area contributed by atoms with Crippen molar-refractivity contribution >= 4 is 11.9 Å². The molecular formula is C11H16N2O4. The number of hydrogen-bond acceptors (Lipinski definition) is 4. The van der Waals surface area contributed by atoms with Gasteiger partial charge in [0.05, 0.1) is 0 Å². The highest BCUT2D eigenvalue weighted by Gasteiger charge is 2.22. The normalized spacial score (nSPS) is 12.2. The number of hydrogen-bond donors (Lipinski definition) is 1. The lowest BCUT2D eigenvalue weighted by Crippen LogP contribution is -2.35. The van der Waals surface area contributed by atoms with E-state index in [0.717, 1.165) is 18.9 Å². The molecular weight excluding hydrogens is 224 g/mol. The maximum Gasteiger partial charge on any atom is 0.374 e. The van der Waals surface area contributed by atoms with Gasteiger partial charge in [0.1, 0.15) is 0 Å². The third kappa shape index (κ3) is 3.05. The number of carbonyl (C=O) groups is 2. The molecule has 1 rings (SSSR count). The van der Waals surface area contributed by atoms with Gasteiger partial charge in [0, 0.05) is 19.2 Å². The highest BCUT2D eigenvalue weighted by Crippen LogP contribution is 2.10. The number of rotatable bonds is 5. The number of nitrogens with zero attached hydrogens (tertiary/aromatic N) is 2. The Balaban J connectivity index is 2.77. The highest BCUT2D eigenvalue weighted by atomic mass is 16.5. The molecule has 17 heavy (non-hydrogen) atoms. The summed E-state index contributed by atoms with van der Waals surface area (Å²) >= 11 is 0. The van der Waals surface area contributed by atoms with Crippen molar-refractivity contribution in [2.75, 3.05) is 7.05 Å². The summed E-state index contributed by atoms with van der Waals surface area (Å²) in [4.78, 5) is 24.0. The fraction of sp³-hybridized carbons (Fsp3) is 0.545. The average Bonchev–Trinajstić information content (AvgIpc) is 2.76. The van der Waals surface area contributed by atoms with E-state index in [1.165, 1.54) is 4.90 Å². The predicted molar refractivity (Wildman–Crippen MR) is 59.9 cm³/mol. The van der Waals surface area contributed by atoms with Gasteiger partial charge in [0.25, 0.3) is 5.91 Å². The number of aromatic nitrogens is 1. The molecule has 0 aliphatic carbocycles. The molecule has 0 bridgehead atoms.